The van der Waals surface area contributed by atoms with Gasteiger partial charge < -0.3 is 19.5 Å². The highest BCUT2D eigenvalue weighted by molar-refractivity contribution is 7.54. The first-order valence-electron chi connectivity index (χ1n) is 5.65. The van der Waals surface area contributed by atoms with E-state index in [2.05, 4.69) is 0 Å². The lowest BCUT2D eigenvalue weighted by Crippen LogP contribution is -2.21. The van der Waals surface area contributed by atoms with Crippen LogP contribution in [0.15, 0.2) is 23.6 Å². The van der Waals surface area contributed by atoms with Crippen LogP contribution in [0.5, 0.6) is 5.75 Å². The first-order chi connectivity index (χ1) is 9.87. The molecule has 6 nitrogen and oxygen atoms in total. The molecule has 0 bridgehead atoms. The summed E-state index contributed by atoms with van der Waals surface area (Å²) in [5.74, 6) is -0.0227. The second kappa shape index (κ2) is 5.88. The van der Waals surface area contributed by atoms with Crippen molar-refractivity contribution in [1.82, 2.24) is 0 Å². The van der Waals surface area contributed by atoms with Gasteiger partial charge in [-0.15, -0.1) is 0 Å². The van der Waals surface area contributed by atoms with Gasteiger partial charge in [0.05, 0.1) is 5.02 Å². The molecule has 0 saturated heterocycles. The second-order valence-electron chi connectivity index (χ2n) is 4.11. The Balaban J connectivity index is 2.79. The molecular weight excluding hydrogens is 338 g/mol. The minimum Gasteiger partial charge on any atom is -0.439 e. The van der Waals surface area contributed by atoms with E-state index in [1.807, 2.05) is 6.07 Å². The van der Waals surface area contributed by atoms with E-state index >= 15 is 0 Å². The fourth-order valence-corrected chi connectivity index (χ4v) is 4.23. The minimum atomic E-state index is -3.70. The predicted octanol–water partition coefficient (Wildman–Crippen LogP) is 3.61. The van der Waals surface area contributed by atoms with Crippen molar-refractivity contribution in [2.45, 2.75) is 5.66 Å². The molecule has 2 N–H and O–H groups in total. The summed E-state index contributed by atoms with van der Waals surface area (Å²) in [5.41, 5.74) is 4.92. The van der Waals surface area contributed by atoms with Crippen LogP contribution < -0.4 is 10.5 Å². The van der Waals surface area contributed by atoms with Crippen LogP contribution in [0, 0.1) is 11.3 Å². The summed E-state index contributed by atoms with van der Waals surface area (Å²) < 4.78 is 28.1. The molecule has 0 fully saturated rings. The lowest BCUT2D eigenvalue weighted by molar-refractivity contribution is 0.266. The number of ether oxygens (including phenoxy) is 1. The molecule has 1 aliphatic heterocycles. The van der Waals surface area contributed by atoms with E-state index in [4.69, 9.17) is 42.7 Å². The first kappa shape index (κ1) is 16.2. The molecule has 1 aromatic carbocycles. The fourth-order valence-electron chi connectivity index (χ4n) is 2.08. The molecule has 0 aromatic heterocycles. The molecule has 21 heavy (non-hydrogen) atoms. The van der Waals surface area contributed by atoms with Crippen molar-refractivity contribution < 1.29 is 18.3 Å². The van der Waals surface area contributed by atoms with Gasteiger partial charge in [-0.25, -0.2) is 0 Å². The van der Waals surface area contributed by atoms with E-state index in [1.165, 1.54) is 26.4 Å². The monoisotopic (exact) mass is 348 g/mol. The van der Waals surface area contributed by atoms with Gasteiger partial charge in [0.25, 0.3) is 0 Å². The lowest BCUT2D eigenvalue weighted by atomic mass is 10.0. The van der Waals surface area contributed by atoms with Gasteiger partial charge in [-0.05, 0) is 12.1 Å². The third kappa shape index (κ3) is 2.64. The molecular formula is C12H11Cl2N2O4P. The van der Waals surface area contributed by atoms with Gasteiger partial charge in [0.2, 0.25) is 5.88 Å². The SMILES string of the molecule is COP(=O)(OC)C1C(C#N)=C(N)Oc2c(Cl)cc(Cl)cc21. The number of hydrogen-bond acceptors (Lipinski definition) is 6. The Kier molecular flexibility index (Phi) is 4.52. The first-order valence-corrected chi connectivity index (χ1v) is 8.02. The molecule has 1 aliphatic rings. The maximum absolute atomic E-state index is 12.8. The zero-order valence-electron chi connectivity index (χ0n) is 11.1. The summed E-state index contributed by atoms with van der Waals surface area (Å²) in [6.07, 6.45) is 0. The molecule has 1 atom stereocenters. The van der Waals surface area contributed by atoms with Crippen LogP contribution in [-0.4, -0.2) is 14.2 Å². The van der Waals surface area contributed by atoms with Crippen molar-refractivity contribution in [1.29, 1.82) is 5.26 Å². The van der Waals surface area contributed by atoms with Gasteiger partial charge in [0, 0.05) is 24.8 Å². The van der Waals surface area contributed by atoms with Crippen LogP contribution in [-0.2, 0) is 13.6 Å². The molecule has 0 radical (unpaired) electrons. The van der Waals surface area contributed by atoms with Gasteiger partial charge in [0.15, 0.2) is 5.75 Å². The Morgan fingerprint density at radius 2 is 2.00 bits per heavy atom. The molecule has 0 saturated carbocycles. The Morgan fingerprint density at radius 3 is 2.52 bits per heavy atom. The fraction of sp³-hybridized carbons (Fsp3) is 0.250. The van der Waals surface area contributed by atoms with Crippen molar-refractivity contribution in [3.63, 3.8) is 0 Å². The maximum atomic E-state index is 12.8. The third-order valence-corrected chi connectivity index (χ3v) is 5.71. The van der Waals surface area contributed by atoms with Crippen molar-refractivity contribution >= 4 is 30.8 Å². The van der Waals surface area contributed by atoms with Gasteiger partial charge in [-0.1, -0.05) is 23.2 Å². The number of hydrogen-bond donors (Lipinski definition) is 1. The van der Waals surface area contributed by atoms with Crippen LogP contribution in [0.3, 0.4) is 0 Å². The van der Waals surface area contributed by atoms with Crippen LogP contribution in [0.25, 0.3) is 0 Å². The third-order valence-electron chi connectivity index (χ3n) is 3.03. The summed E-state index contributed by atoms with van der Waals surface area (Å²) in [6, 6.07) is 4.81. The number of allylic oxidation sites excluding steroid dienone is 1. The number of fused-ring (bicyclic) bond motifs is 1. The topological polar surface area (TPSA) is 94.6 Å². The van der Waals surface area contributed by atoms with E-state index in [9.17, 15) is 9.83 Å². The van der Waals surface area contributed by atoms with Gasteiger partial charge in [0.1, 0.15) is 17.3 Å². The Hall–Kier alpha value is -1.22. The molecule has 9 heteroatoms. The Labute approximate surface area is 131 Å². The van der Waals surface area contributed by atoms with E-state index < -0.39 is 13.3 Å². The molecule has 0 aliphatic carbocycles. The standard InChI is InChI=1S/C12H11Cl2N2O4P/c1-18-21(17,19-2)11-7-3-6(13)4-9(14)10(7)20-12(16)8(11)5-15/h3-4,11H,16H2,1-2H3. The number of benzene rings is 1. The molecule has 1 unspecified atom stereocenters. The highest BCUT2D eigenvalue weighted by atomic mass is 35.5. The maximum Gasteiger partial charge on any atom is 0.343 e. The smallest absolute Gasteiger partial charge is 0.343 e. The van der Waals surface area contributed by atoms with E-state index in [0.29, 0.717) is 10.6 Å². The van der Waals surface area contributed by atoms with Crippen molar-refractivity contribution in [3.8, 4) is 11.8 Å². The number of nitrogens with two attached hydrogens (primary N) is 1. The summed E-state index contributed by atoms with van der Waals surface area (Å²) >= 11 is 12.0. The number of halogens is 2. The number of nitrogens with zero attached hydrogens (tertiary/aromatic N) is 1. The molecule has 112 valence electrons. The van der Waals surface area contributed by atoms with Crippen molar-refractivity contribution in [3.05, 3.63) is 39.2 Å². The number of nitriles is 1. The van der Waals surface area contributed by atoms with E-state index in [-0.39, 0.29) is 22.2 Å². The zero-order valence-corrected chi connectivity index (χ0v) is 13.5. The van der Waals surface area contributed by atoms with Crippen molar-refractivity contribution in [2.24, 2.45) is 5.73 Å². The van der Waals surface area contributed by atoms with E-state index in [0.717, 1.165) is 0 Å². The van der Waals surface area contributed by atoms with Crippen LogP contribution in [0.1, 0.15) is 11.2 Å². The molecule has 1 aromatic rings. The Morgan fingerprint density at radius 1 is 1.38 bits per heavy atom. The highest BCUT2D eigenvalue weighted by Gasteiger charge is 2.45. The molecule has 1 heterocycles. The van der Waals surface area contributed by atoms with Crippen molar-refractivity contribution in [2.75, 3.05) is 14.2 Å². The van der Waals surface area contributed by atoms with Crippen LogP contribution >= 0.6 is 30.8 Å². The Bertz CT molecular complexity index is 706. The highest BCUT2D eigenvalue weighted by Crippen LogP contribution is 2.66. The largest absolute Gasteiger partial charge is 0.439 e. The normalized spacial score (nSPS) is 18.0. The lowest BCUT2D eigenvalue weighted by Gasteiger charge is -2.30. The van der Waals surface area contributed by atoms with Gasteiger partial charge in [-0.2, -0.15) is 5.26 Å². The predicted molar refractivity (Wildman–Crippen MR) is 78.3 cm³/mol. The summed E-state index contributed by atoms with van der Waals surface area (Å²) in [7, 11) is -1.26. The summed E-state index contributed by atoms with van der Waals surface area (Å²) in [4.78, 5) is 0. The summed E-state index contributed by atoms with van der Waals surface area (Å²) in [5, 5.41) is 9.76. The van der Waals surface area contributed by atoms with E-state index in [1.54, 1.807) is 0 Å². The summed E-state index contributed by atoms with van der Waals surface area (Å²) in [6.45, 7) is 0. The van der Waals surface area contributed by atoms with Crippen LogP contribution in [0.2, 0.25) is 10.0 Å². The molecule has 2 rings (SSSR count). The average Bonchev–Trinajstić information content (AvgIpc) is 2.46. The zero-order chi connectivity index (χ0) is 15.8. The minimum absolute atomic E-state index is 0.0622. The molecule has 0 amide bonds. The van der Waals surface area contributed by atoms with Gasteiger partial charge >= 0.3 is 7.60 Å². The van der Waals surface area contributed by atoms with Gasteiger partial charge in [-0.3, -0.25) is 4.57 Å². The molecule has 0 spiro atoms. The van der Waals surface area contributed by atoms with Crippen LogP contribution in [0.4, 0.5) is 0 Å². The quantitative estimate of drug-likeness (QED) is 0.838. The second-order valence-corrected chi connectivity index (χ2v) is 7.28. The number of rotatable bonds is 3. The average molecular weight is 349 g/mol.